The molecule has 3 heterocycles. The van der Waals surface area contributed by atoms with E-state index in [2.05, 4.69) is 28.1 Å². The van der Waals surface area contributed by atoms with E-state index in [4.69, 9.17) is 25.2 Å². The van der Waals surface area contributed by atoms with E-state index < -0.39 is 52.4 Å². The van der Waals surface area contributed by atoms with Crippen molar-refractivity contribution in [1.82, 2.24) is 19.5 Å². The van der Waals surface area contributed by atoms with Gasteiger partial charge < -0.3 is 35.2 Å². The summed E-state index contributed by atoms with van der Waals surface area (Å²) in [6.45, 7) is -0.801. The molecule has 6 atom stereocenters. The number of ether oxygens (including phenoxy) is 1. The Kier molecular flexibility index (Phi) is 7.25. The Morgan fingerprint density at radius 1 is 1.13 bits per heavy atom. The lowest BCUT2D eigenvalue weighted by Gasteiger charge is -2.19. The first kappa shape index (κ1) is 25.0. The second-order valence-electron chi connectivity index (χ2n) is 5.97. The SMILES string of the molecule is Nc1ncnc2c1ncn2C1OC(COP(=O)(O)OP(=O)(O)OP(=O)(O)O)C(O)C1I. The number of alkyl halides is 1. The molecule has 1 aliphatic rings. The Morgan fingerprint density at radius 2 is 1.81 bits per heavy atom. The number of hydrogen-bond acceptors (Lipinski definition) is 12. The van der Waals surface area contributed by atoms with Crippen LogP contribution in [0.3, 0.4) is 0 Å². The Hall–Kier alpha value is -0.590. The fourth-order valence-electron chi connectivity index (χ4n) is 2.59. The van der Waals surface area contributed by atoms with Crippen molar-refractivity contribution in [2.24, 2.45) is 0 Å². The number of rotatable bonds is 8. The van der Waals surface area contributed by atoms with E-state index in [1.807, 2.05) is 22.6 Å². The highest BCUT2D eigenvalue weighted by atomic mass is 127. The van der Waals surface area contributed by atoms with Crippen molar-refractivity contribution in [1.29, 1.82) is 0 Å². The Balaban J connectivity index is 1.69. The summed E-state index contributed by atoms with van der Waals surface area (Å²) in [6.07, 6.45) is -0.757. The molecule has 17 nitrogen and oxygen atoms in total. The van der Waals surface area contributed by atoms with Crippen molar-refractivity contribution in [3.05, 3.63) is 12.7 Å². The normalized spacial score (nSPS) is 28.5. The minimum absolute atomic E-state index is 0.122. The van der Waals surface area contributed by atoms with Gasteiger partial charge in [-0.05, 0) is 0 Å². The van der Waals surface area contributed by atoms with Gasteiger partial charge in [-0.25, -0.2) is 28.6 Å². The Morgan fingerprint density at radius 3 is 2.45 bits per heavy atom. The summed E-state index contributed by atoms with van der Waals surface area (Å²) in [7, 11) is -16.5. The topological polar surface area (TPSA) is 259 Å². The maximum Gasteiger partial charge on any atom is 0.490 e. The van der Waals surface area contributed by atoms with Gasteiger partial charge in [0, 0.05) is 0 Å². The minimum atomic E-state index is -5.65. The fourth-order valence-corrected chi connectivity index (χ4v) is 6.60. The number of aromatic nitrogens is 4. The molecule has 0 aromatic carbocycles. The third-order valence-electron chi connectivity index (χ3n) is 3.77. The van der Waals surface area contributed by atoms with Gasteiger partial charge in [-0.1, -0.05) is 22.6 Å². The van der Waals surface area contributed by atoms with Crippen LogP contribution >= 0.6 is 46.1 Å². The molecule has 2 aromatic heterocycles. The number of fused-ring (bicyclic) bond motifs is 1. The van der Waals surface area contributed by atoms with E-state index in [-0.39, 0.29) is 5.82 Å². The van der Waals surface area contributed by atoms with Gasteiger partial charge in [0.1, 0.15) is 17.9 Å². The minimum Gasteiger partial charge on any atom is -0.389 e. The molecule has 1 saturated heterocycles. The molecule has 1 aliphatic heterocycles. The molecular weight excluding hydrogens is 602 g/mol. The number of phosphoric ester groups is 1. The standard InChI is InChI=1S/C10H15IN5O12P3/c11-5-7(17)4(1-25-30(21,22)28-31(23,24)27-29(18,19)20)26-10(5)16-3-15-6-8(12)13-2-14-9(6)16/h2-5,7,10,17H,1H2,(H,21,22)(H,23,24)(H2,12,13,14)(H2,18,19,20). The molecule has 0 bridgehead atoms. The van der Waals surface area contributed by atoms with Gasteiger partial charge in [0.25, 0.3) is 0 Å². The number of phosphoric acid groups is 3. The highest BCUT2D eigenvalue weighted by Crippen LogP contribution is 2.66. The number of nitrogen functional groups attached to an aromatic ring is 1. The number of nitrogens with two attached hydrogens (primary N) is 1. The number of halogens is 1. The lowest BCUT2D eigenvalue weighted by Crippen LogP contribution is -2.30. The van der Waals surface area contributed by atoms with Gasteiger partial charge in [0.15, 0.2) is 17.7 Å². The third-order valence-corrected chi connectivity index (χ3v) is 8.93. The molecule has 31 heavy (non-hydrogen) atoms. The molecule has 3 rings (SSSR count). The zero-order valence-corrected chi connectivity index (χ0v) is 19.7. The van der Waals surface area contributed by atoms with Crippen LogP contribution in [0.5, 0.6) is 0 Å². The molecule has 174 valence electrons. The lowest BCUT2D eigenvalue weighted by atomic mass is 10.2. The fraction of sp³-hybridized carbons (Fsp3) is 0.500. The molecule has 0 radical (unpaired) electrons. The van der Waals surface area contributed by atoms with Crippen LogP contribution in [0.1, 0.15) is 6.23 Å². The highest BCUT2D eigenvalue weighted by molar-refractivity contribution is 14.1. The second-order valence-corrected chi connectivity index (χ2v) is 11.8. The van der Waals surface area contributed by atoms with Gasteiger partial charge in [-0.3, -0.25) is 9.09 Å². The number of anilines is 1. The van der Waals surface area contributed by atoms with Gasteiger partial charge in [0.2, 0.25) is 0 Å². The number of aliphatic hydroxyl groups is 1. The summed E-state index contributed by atoms with van der Waals surface area (Å²) in [5.41, 5.74) is 6.33. The lowest BCUT2D eigenvalue weighted by molar-refractivity contribution is -0.0420. The maximum atomic E-state index is 11.8. The van der Waals surface area contributed by atoms with Gasteiger partial charge in [0.05, 0.1) is 23.0 Å². The zero-order valence-electron chi connectivity index (χ0n) is 14.9. The molecule has 0 spiro atoms. The second kappa shape index (κ2) is 8.98. The molecule has 0 saturated carbocycles. The quantitative estimate of drug-likeness (QED) is 0.127. The van der Waals surface area contributed by atoms with Crippen LogP contribution in [-0.2, 0) is 31.6 Å². The van der Waals surface area contributed by atoms with Crippen LogP contribution < -0.4 is 5.73 Å². The van der Waals surface area contributed by atoms with Crippen LogP contribution in [-0.4, -0.2) is 66.9 Å². The van der Waals surface area contributed by atoms with Crippen LogP contribution in [0.4, 0.5) is 5.82 Å². The van der Waals surface area contributed by atoms with Gasteiger partial charge in [-0.15, -0.1) is 0 Å². The number of nitrogens with zero attached hydrogens (tertiary/aromatic N) is 4. The van der Waals surface area contributed by atoms with Crippen LogP contribution in [0, 0.1) is 0 Å². The van der Waals surface area contributed by atoms with Gasteiger partial charge >= 0.3 is 23.5 Å². The summed E-state index contributed by atoms with van der Waals surface area (Å²) < 4.78 is 52.1. The van der Waals surface area contributed by atoms with Crippen molar-refractivity contribution < 1.29 is 56.3 Å². The number of aliphatic hydroxyl groups excluding tert-OH is 1. The van der Waals surface area contributed by atoms with Crippen LogP contribution in [0.2, 0.25) is 0 Å². The predicted molar refractivity (Wildman–Crippen MR) is 107 cm³/mol. The first-order chi connectivity index (χ1) is 14.2. The summed E-state index contributed by atoms with van der Waals surface area (Å²) >= 11 is 1.87. The molecule has 7 N–H and O–H groups in total. The van der Waals surface area contributed by atoms with Gasteiger partial charge in [-0.2, -0.15) is 8.62 Å². The molecular formula is C10H15IN5O12P3. The van der Waals surface area contributed by atoms with Crippen molar-refractivity contribution in [3.63, 3.8) is 0 Å². The van der Waals surface area contributed by atoms with Crippen LogP contribution in [0.15, 0.2) is 12.7 Å². The summed E-state index contributed by atoms with van der Waals surface area (Å²) in [5, 5.41) is 10.4. The first-order valence-electron chi connectivity index (χ1n) is 7.88. The largest absolute Gasteiger partial charge is 0.490 e. The predicted octanol–water partition coefficient (Wildman–Crippen LogP) is -0.186. The van der Waals surface area contributed by atoms with Crippen molar-refractivity contribution in [2.75, 3.05) is 12.3 Å². The monoisotopic (exact) mass is 617 g/mol. The van der Waals surface area contributed by atoms with Crippen LogP contribution in [0.25, 0.3) is 11.2 Å². The van der Waals surface area contributed by atoms with E-state index in [0.717, 1.165) is 0 Å². The average Bonchev–Trinajstić information content (AvgIpc) is 3.13. The summed E-state index contributed by atoms with van der Waals surface area (Å²) in [6, 6.07) is 0. The smallest absolute Gasteiger partial charge is 0.389 e. The first-order valence-corrected chi connectivity index (χ1v) is 13.6. The molecule has 2 aromatic rings. The summed E-state index contributed by atoms with van der Waals surface area (Å²) in [5.74, 6) is 0.122. The van der Waals surface area contributed by atoms with Crippen molar-refractivity contribution in [3.8, 4) is 0 Å². The molecule has 21 heteroatoms. The number of hydrogen-bond donors (Lipinski definition) is 6. The number of imidazole rings is 1. The van der Waals surface area contributed by atoms with E-state index in [9.17, 15) is 23.7 Å². The zero-order chi connectivity index (χ0) is 23.2. The third kappa shape index (κ3) is 6.05. The van der Waals surface area contributed by atoms with E-state index in [1.54, 1.807) is 0 Å². The van der Waals surface area contributed by atoms with Crippen molar-refractivity contribution in [2.45, 2.75) is 22.4 Å². The molecule has 1 fully saturated rings. The molecule has 0 aliphatic carbocycles. The van der Waals surface area contributed by atoms with Crippen molar-refractivity contribution >= 4 is 63.0 Å². The maximum absolute atomic E-state index is 11.8. The molecule has 0 amide bonds. The van der Waals surface area contributed by atoms with E-state index >= 15 is 0 Å². The van der Waals surface area contributed by atoms with E-state index in [1.165, 1.54) is 17.2 Å². The summed E-state index contributed by atoms with van der Waals surface area (Å²) in [4.78, 5) is 47.7. The average molecular weight is 617 g/mol. The molecule has 6 unspecified atom stereocenters. The highest BCUT2D eigenvalue weighted by Gasteiger charge is 2.46. The Labute approximate surface area is 186 Å². The Bertz CT molecular complexity index is 1110. The van der Waals surface area contributed by atoms with E-state index in [0.29, 0.717) is 11.2 Å².